The fraction of sp³-hybridized carbons (Fsp3) is 0.846. The minimum absolute atomic E-state index is 0.361. The number of carbonyl (C=O) groups excluding carboxylic acids is 2. The van der Waals surface area contributed by atoms with Crippen LogP contribution >= 0.6 is 0 Å². The van der Waals surface area contributed by atoms with Crippen LogP contribution in [0.15, 0.2) is 0 Å². The van der Waals surface area contributed by atoms with Crippen LogP contribution in [0.2, 0.25) is 0 Å². The van der Waals surface area contributed by atoms with E-state index in [9.17, 15) is 9.59 Å². The zero-order valence-electron chi connectivity index (χ0n) is 11.2. The van der Waals surface area contributed by atoms with E-state index in [0.29, 0.717) is 18.4 Å². The number of likely N-dealkylation sites (tertiary alicyclic amines) is 1. The predicted molar refractivity (Wildman–Crippen MR) is 67.4 cm³/mol. The Morgan fingerprint density at radius 1 is 1.29 bits per heavy atom. The first-order valence-corrected chi connectivity index (χ1v) is 6.57. The highest BCUT2D eigenvalue weighted by Gasteiger charge is 2.24. The molecule has 17 heavy (non-hydrogen) atoms. The molecule has 0 unspecified atom stereocenters. The van der Waals surface area contributed by atoms with Gasteiger partial charge < -0.3 is 10.2 Å². The highest BCUT2D eigenvalue weighted by molar-refractivity contribution is 6.35. The third-order valence-corrected chi connectivity index (χ3v) is 3.27. The van der Waals surface area contributed by atoms with Crippen molar-refractivity contribution in [1.29, 1.82) is 0 Å². The standard InChI is InChI=1S/C13H24N2O2/c1-10(2)4-7-14-12(16)13(17)15-8-5-11(3)6-9-15/h10-11H,4-9H2,1-3H3,(H,14,16). The molecule has 1 aliphatic heterocycles. The predicted octanol–water partition coefficient (Wildman–Crippen LogP) is 1.41. The number of nitrogens with zero attached hydrogens (tertiary/aromatic N) is 1. The second kappa shape index (κ2) is 6.62. The van der Waals surface area contributed by atoms with Gasteiger partial charge in [0, 0.05) is 19.6 Å². The number of amides is 2. The lowest BCUT2D eigenvalue weighted by Crippen LogP contribution is -2.46. The molecule has 0 spiro atoms. The zero-order chi connectivity index (χ0) is 12.8. The molecule has 0 aromatic heterocycles. The lowest BCUT2D eigenvalue weighted by Gasteiger charge is -2.29. The van der Waals surface area contributed by atoms with Gasteiger partial charge >= 0.3 is 11.8 Å². The summed E-state index contributed by atoms with van der Waals surface area (Å²) in [5, 5.41) is 2.69. The molecule has 0 aromatic rings. The largest absolute Gasteiger partial charge is 0.348 e. The summed E-state index contributed by atoms with van der Waals surface area (Å²) in [5.74, 6) is 0.408. The summed E-state index contributed by atoms with van der Waals surface area (Å²) in [6, 6.07) is 0. The molecule has 0 bridgehead atoms. The molecule has 0 radical (unpaired) electrons. The van der Waals surface area contributed by atoms with Crippen molar-refractivity contribution in [2.45, 2.75) is 40.0 Å². The first-order valence-electron chi connectivity index (χ1n) is 6.57. The minimum Gasteiger partial charge on any atom is -0.348 e. The number of rotatable bonds is 3. The summed E-state index contributed by atoms with van der Waals surface area (Å²) in [5.41, 5.74) is 0. The van der Waals surface area contributed by atoms with Crippen LogP contribution in [0.25, 0.3) is 0 Å². The smallest absolute Gasteiger partial charge is 0.311 e. The topological polar surface area (TPSA) is 49.4 Å². The van der Waals surface area contributed by atoms with E-state index < -0.39 is 5.91 Å². The summed E-state index contributed by atoms with van der Waals surface area (Å²) >= 11 is 0. The summed E-state index contributed by atoms with van der Waals surface area (Å²) < 4.78 is 0. The van der Waals surface area contributed by atoms with E-state index in [0.717, 1.165) is 32.4 Å². The maximum Gasteiger partial charge on any atom is 0.311 e. The molecule has 0 atom stereocenters. The number of piperidine rings is 1. The van der Waals surface area contributed by atoms with Gasteiger partial charge in [0.15, 0.2) is 0 Å². The van der Waals surface area contributed by atoms with Gasteiger partial charge in [-0.05, 0) is 31.1 Å². The Morgan fingerprint density at radius 3 is 2.41 bits per heavy atom. The molecular formula is C13H24N2O2. The van der Waals surface area contributed by atoms with Crippen LogP contribution in [0, 0.1) is 11.8 Å². The van der Waals surface area contributed by atoms with Crippen LogP contribution in [-0.4, -0.2) is 36.3 Å². The minimum atomic E-state index is -0.444. The normalized spacial score (nSPS) is 17.3. The van der Waals surface area contributed by atoms with Crippen molar-refractivity contribution in [1.82, 2.24) is 10.2 Å². The third kappa shape index (κ3) is 4.75. The van der Waals surface area contributed by atoms with Gasteiger partial charge in [-0.2, -0.15) is 0 Å². The molecular weight excluding hydrogens is 216 g/mol. The Kier molecular flexibility index (Phi) is 5.45. The second-order valence-electron chi connectivity index (χ2n) is 5.41. The Morgan fingerprint density at radius 2 is 1.88 bits per heavy atom. The summed E-state index contributed by atoms with van der Waals surface area (Å²) in [6.07, 6.45) is 2.92. The Labute approximate surface area is 104 Å². The van der Waals surface area contributed by atoms with Crippen LogP contribution in [-0.2, 0) is 9.59 Å². The van der Waals surface area contributed by atoms with Crippen molar-refractivity contribution in [2.75, 3.05) is 19.6 Å². The molecule has 4 heteroatoms. The van der Waals surface area contributed by atoms with Gasteiger partial charge in [-0.3, -0.25) is 9.59 Å². The van der Waals surface area contributed by atoms with Gasteiger partial charge in [-0.25, -0.2) is 0 Å². The van der Waals surface area contributed by atoms with Crippen LogP contribution in [0.5, 0.6) is 0 Å². The Balaban J connectivity index is 2.29. The van der Waals surface area contributed by atoms with E-state index in [4.69, 9.17) is 0 Å². The number of nitrogens with one attached hydrogen (secondary N) is 1. The average molecular weight is 240 g/mol. The van der Waals surface area contributed by atoms with E-state index in [2.05, 4.69) is 26.1 Å². The van der Waals surface area contributed by atoms with Gasteiger partial charge in [-0.1, -0.05) is 20.8 Å². The van der Waals surface area contributed by atoms with E-state index in [1.54, 1.807) is 4.90 Å². The molecule has 1 fully saturated rings. The molecule has 4 nitrogen and oxygen atoms in total. The van der Waals surface area contributed by atoms with Crippen LogP contribution in [0.1, 0.15) is 40.0 Å². The Bertz CT molecular complexity index is 269. The molecule has 1 saturated heterocycles. The molecule has 98 valence electrons. The van der Waals surface area contributed by atoms with E-state index in [-0.39, 0.29) is 5.91 Å². The average Bonchev–Trinajstić information content (AvgIpc) is 2.28. The lowest BCUT2D eigenvalue weighted by atomic mass is 9.99. The lowest BCUT2D eigenvalue weighted by molar-refractivity contribution is -0.146. The molecule has 2 amide bonds. The van der Waals surface area contributed by atoms with Gasteiger partial charge in [0.25, 0.3) is 0 Å². The van der Waals surface area contributed by atoms with Crippen molar-refractivity contribution >= 4 is 11.8 Å². The van der Waals surface area contributed by atoms with Crippen LogP contribution in [0.3, 0.4) is 0 Å². The van der Waals surface area contributed by atoms with Crippen molar-refractivity contribution in [2.24, 2.45) is 11.8 Å². The number of carbonyl (C=O) groups is 2. The molecule has 1 N–H and O–H groups in total. The summed E-state index contributed by atoms with van der Waals surface area (Å²) in [6.45, 7) is 8.41. The van der Waals surface area contributed by atoms with Crippen LogP contribution in [0.4, 0.5) is 0 Å². The summed E-state index contributed by atoms with van der Waals surface area (Å²) in [7, 11) is 0. The first kappa shape index (κ1) is 14.0. The van der Waals surface area contributed by atoms with Crippen molar-refractivity contribution < 1.29 is 9.59 Å². The van der Waals surface area contributed by atoms with E-state index in [1.807, 2.05) is 0 Å². The van der Waals surface area contributed by atoms with Crippen molar-refractivity contribution in [3.8, 4) is 0 Å². The third-order valence-electron chi connectivity index (χ3n) is 3.27. The molecule has 0 aliphatic carbocycles. The quantitative estimate of drug-likeness (QED) is 0.758. The zero-order valence-corrected chi connectivity index (χ0v) is 11.2. The highest BCUT2D eigenvalue weighted by Crippen LogP contribution is 2.15. The fourth-order valence-electron chi connectivity index (χ4n) is 1.91. The molecule has 1 heterocycles. The molecule has 1 rings (SSSR count). The number of hydrogen-bond donors (Lipinski definition) is 1. The maximum absolute atomic E-state index is 11.8. The monoisotopic (exact) mass is 240 g/mol. The fourth-order valence-corrected chi connectivity index (χ4v) is 1.91. The van der Waals surface area contributed by atoms with Gasteiger partial charge in [0.2, 0.25) is 0 Å². The highest BCUT2D eigenvalue weighted by atomic mass is 16.2. The Hall–Kier alpha value is -1.06. The van der Waals surface area contributed by atoms with Gasteiger partial charge in [0.1, 0.15) is 0 Å². The van der Waals surface area contributed by atoms with Gasteiger partial charge in [-0.15, -0.1) is 0 Å². The van der Waals surface area contributed by atoms with Crippen molar-refractivity contribution in [3.63, 3.8) is 0 Å². The van der Waals surface area contributed by atoms with Crippen molar-refractivity contribution in [3.05, 3.63) is 0 Å². The number of hydrogen-bond acceptors (Lipinski definition) is 2. The van der Waals surface area contributed by atoms with Gasteiger partial charge in [0.05, 0.1) is 0 Å². The second-order valence-corrected chi connectivity index (χ2v) is 5.41. The molecule has 0 saturated carbocycles. The van der Waals surface area contributed by atoms with E-state index >= 15 is 0 Å². The SMILES string of the molecule is CC(C)CCNC(=O)C(=O)N1CCC(C)CC1. The summed E-state index contributed by atoms with van der Waals surface area (Å²) in [4.78, 5) is 25.1. The first-order chi connectivity index (χ1) is 8.00. The molecule has 1 aliphatic rings. The maximum atomic E-state index is 11.8. The van der Waals surface area contributed by atoms with E-state index in [1.165, 1.54) is 0 Å². The van der Waals surface area contributed by atoms with Crippen LogP contribution < -0.4 is 5.32 Å². The molecule has 0 aromatic carbocycles.